The first kappa shape index (κ1) is 15.1. The molecule has 104 valence electrons. The van der Waals surface area contributed by atoms with E-state index in [1.54, 1.807) is 10.9 Å². The SMILES string of the molecule is CCCN(CC)S(=O)(=O)c1cnn(CCNC)c1. The number of hydrogen-bond acceptors (Lipinski definition) is 4. The van der Waals surface area contributed by atoms with E-state index in [9.17, 15) is 8.42 Å². The van der Waals surface area contributed by atoms with Gasteiger partial charge in [-0.2, -0.15) is 9.40 Å². The molecule has 0 unspecified atom stereocenters. The molecule has 0 atom stereocenters. The minimum absolute atomic E-state index is 0.272. The Morgan fingerprint density at radius 1 is 1.44 bits per heavy atom. The highest BCUT2D eigenvalue weighted by atomic mass is 32.2. The second kappa shape index (κ2) is 6.86. The summed E-state index contributed by atoms with van der Waals surface area (Å²) in [6.45, 7) is 6.26. The van der Waals surface area contributed by atoms with E-state index in [0.29, 0.717) is 19.6 Å². The Morgan fingerprint density at radius 2 is 2.17 bits per heavy atom. The Kier molecular flexibility index (Phi) is 5.77. The average Bonchev–Trinajstić information content (AvgIpc) is 2.82. The molecular formula is C11H22N4O2S. The average molecular weight is 274 g/mol. The molecule has 1 aromatic rings. The number of sulfonamides is 1. The zero-order valence-corrected chi connectivity index (χ0v) is 12.1. The maximum absolute atomic E-state index is 12.3. The van der Waals surface area contributed by atoms with E-state index in [4.69, 9.17) is 0 Å². The van der Waals surface area contributed by atoms with Crippen molar-refractivity contribution in [2.75, 3.05) is 26.7 Å². The molecule has 1 heterocycles. The lowest BCUT2D eigenvalue weighted by molar-refractivity contribution is 0.427. The Morgan fingerprint density at radius 3 is 2.72 bits per heavy atom. The first-order chi connectivity index (χ1) is 8.56. The second-order valence-electron chi connectivity index (χ2n) is 4.04. The van der Waals surface area contributed by atoms with Gasteiger partial charge in [0, 0.05) is 25.8 Å². The first-order valence-corrected chi connectivity index (χ1v) is 7.67. The fourth-order valence-electron chi connectivity index (χ4n) is 1.67. The molecule has 1 rings (SSSR count). The van der Waals surface area contributed by atoms with Crippen LogP contribution in [-0.2, 0) is 16.6 Å². The number of rotatable bonds is 8. The lowest BCUT2D eigenvalue weighted by Crippen LogP contribution is -2.31. The molecule has 0 saturated carbocycles. The summed E-state index contributed by atoms with van der Waals surface area (Å²) >= 11 is 0. The number of aromatic nitrogens is 2. The summed E-state index contributed by atoms with van der Waals surface area (Å²) in [5.41, 5.74) is 0. The molecular weight excluding hydrogens is 252 g/mol. The molecule has 0 bridgehead atoms. The minimum Gasteiger partial charge on any atom is -0.318 e. The molecule has 0 radical (unpaired) electrons. The van der Waals surface area contributed by atoms with Crippen LogP contribution in [0.3, 0.4) is 0 Å². The van der Waals surface area contributed by atoms with Gasteiger partial charge in [-0.1, -0.05) is 13.8 Å². The van der Waals surface area contributed by atoms with Crippen molar-refractivity contribution in [3.05, 3.63) is 12.4 Å². The summed E-state index contributed by atoms with van der Waals surface area (Å²) in [5, 5.41) is 7.07. The van der Waals surface area contributed by atoms with Crippen LogP contribution in [-0.4, -0.2) is 49.2 Å². The molecule has 0 saturated heterocycles. The monoisotopic (exact) mass is 274 g/mol. The Hall–Kier alpha value is -0.920. The molecule has 0 spiro atoms. The van der Waals surface area contributed by atoms with Gasteiger partial charge in [0.05, 0.1) is 12.7 Å². The van der Waals surface area contributed by atoms with Crippen LogP contribution in [0.4, 0.5) is 0 Å². The molecule has 0 aliphatic heterocycles. The van der Waals surface area contributed by atoms with Crippen LogP contribution in [0.15, 0.2) is 17.3 Å². The van der Waals surface area contributed by atoms with E-state index >= 15 is 0 Å². The summed E-state index contributed by atoms with van der Waals surface area (Å²) in [7, 11) is -1.54. The van der Waals surface area contributed by atoms with Gasteiger partial charge in [-0.05, 0) is 13.5 Å². The van der Waals surface area contributed by atoms with Gasteiger partial charge >= 0.3 is 0 Å². The lowest BCUT2D eigenvalue weighted by Gasteiger charge is -2.18. The van der Waals surface area contributed by atoms with Crippen molar-refractivity contribution in [1.29, 1.82) is 0 Å². The largest absolute Gasteiger partial charge is 0.318 e. The van der Waals surface area contributed by atoms with E-state index in [-0.39, 0.29) is 4.90 Å². The van der Waals surface area contributed by atoms with Gasteiger partial charge < -0.3 is 5.32 Å². The zero-order valence-electron chi connectivity index (χ0n) is 11.3. The highest BCUT2D eigenvalue weighted by Crippen LogP contribution is 2.14. The van der Waals surface area contributed by atoms with E-state index in [1.807, 2.05) is 20.9 Å². The summed E-state index contributed by atoms with van der Waals surface area (Å²) in [4.78, 5) is 0.272. The molecule has 1 N–H and O–H groups in total. The number of nitrogens with one attached hydrogen (secondary N) is 1. The fraction of sp³-hybridized carbons (Fsp3) is 0.727. The predicted molar refractivity (Wildman–Crippen MR) is 70.9 cm³/mol. The third kappa shape index (κ3) is 3.54. The van der Waals surface area contributed by atoms with Crippen LogP contribution < -0.4 is 5.32 Å². The van der Waals surface area contributed by atoms with E-state index in [0.717, 1.165) is 13.0 Å². The molecule has 1 aromatic heterocycles. The summed E-state index contributed by atoms with van der Waals surface area (Å²) in [6.07, 6.45) is 3.81. The van der Waals surface area contributed by atoms with Gasteiger partial charge in [-0.15, -0.1) is 0 Å². The van der Waals surface area contributed by atoms with Crippen molar-refractivity contribution in [2.24, 2.45) is 0 Å². The van der Waals surface area contributed by atoms with Gasteiger partial charge in [0.2, 0.25) is 10.0 Å². The third-order valence-electron chi connectivity index (χ3n) is 2.66. The minimum atomic E-state index is -3.39. The normalized spacial score (nSPS) is 12.2. The standard InChI is InChI=1S/C11H22N4O2S/c1-4-7-15(5-2)18(16,17)11-9-13-14(10-11)8-6-12-3/h9-10,12H,4-8H2,1-3H3. The Bertz CT molecular complexity index is 455. The smallest absolute Gasteiger partial charge is 0.246 e. The Balaban J connectivity index is 2.87. The van der Waals surface area contributed by atoms with E-state index in [1.165, 1.54) is 10.5 Å². The third-order valence-corrected chi connectivity index (χ3v) is 4.59. The molecule has 0 aromatic carbocycles. The van der Waals surface area contributed by atoms with Crippen LogP contribution in [0.5, 0.6) is 0 Å². The number of likely N-dealkylation sites (N-methyl/N-ethyl adjacent to an activating group) is 1. The summed E-state index contributed by atoms with van der Waals surface area (Å²) < 4.78 is 27.7. The van der Waals surface area contributed by atoms with Gasteiger partial charge in [0.25, 0.3) is 0 Å². The second-order valence-corrected chi connectivity index (χ2v) is 5.98. The van der Waals surface area contributed by atoms with Crippen molar-refractivity contribution < 1.29 is 8.42 Å². The van der Waals surface area contributed by atoms with E-state index < -0.39 is 10.0 Å². The van der Waals surface area contributed by atoms with Gasteiger partial charge in [-0.3, -0.25) is 4.68 Å². The molecule has 0 aliphatic carbocycles. The molecule has 18 heavy (non-hydrogen) atoms. The quantitative estimate of drug-likeness (QED) is 0.750. The highest BCUT2D eigenvalue weighted by Gasteiger charge is 2.23. The van der Waals surface area contributed by atoms with Crippen molar-refractivity contribution >= 4 is 10.0 Å². The van der Waals surface area contributed by atoms with Crippen LogP contribution >= 0.6 is 0 Å². The zero-order chi connectivity index (χ0) is 13.6. The maximum atomic E-state index is 12.3. The lowest BCUT2D eigenvalue weighted by atomic mass is 10.5. The van der Waals surface area contributed by atoms with Gasteiger partial charge in [-0.25, -0.2) is 8.42 Å². The molecule has 7 heteroatoms. The molecule has 0 amide bonds. The molecule has 0 fully saturated rings. The highest BCUT2D eigenvalue weighted by molar-refractivity contribution is 7.89. The van der Waals surface area contributed by atoms with Crippen LogP contribution in [0, 0.1) is 0 Å². The topological polar surface area (TPSA) is 67.2 Å². The van der Waals surface area contributed by atoms with Gasteiger partial charge in [0.15, 0.2) is 0 Å². The Labute approximate surface area is 109 Å². The van der Waals surface area contributed by atoms with Crippen molar-refractivity contribution in [3.63, 3.8) is 0 Å². The number of hydrogen-bond donors (Lipinski definition) is 1. The van der Waals surface area contributed by atoms with Crippen LogP contribution in [0.25, 0.3) is 0 Å². The molecule has 0 aliphatic rings. The maximum Gasteiger partial charge on any atom is 0.246 e. The van der Waals surface area contributed by atoms with Crippen molar-refractivity contribution in [3.8, 4) is 0 Å². The predicted octanol–water partition coefficient (Wildman–Crippen LogP) is 0.523. The van der Waals surface area contributed by atoms with Crippen molar-refractivity contribution in [2.45, 2.75) is 31.7 Å². The van der Waals surface area contributed by atoms with E-state index in [2.05, 4.69) is 10.4 Å². The van der Waals surface area contributed by atoms with Crippen LogP contribution in [0.1, 0.15) is 20.3 Å². The number of nitrogens with zero attached hydrogens (tertiary/aromatic N) is 3. The van der Waals surface area contributed by atoms with Gasteiger partial charge in [0.1, 0.15) is 4.90 Å². The first-order valence-electron chi connectivity index (χ1n) is 6.23. The summed E-state index contributed by atoms with van der Waals surface area (Å²) in [6, 6.07) is 0. The molecule has 6 nitrogen and oxygen atoms in total. The summed E-state index contributed by atoms with van der Waals surface area (Å²) in [5.74, 6) is 0. The fourth-order valence-corrected chi connectivity index (χ4v) is 3.17. The van der Waals surface area contributed by atoms with Crippen molar-refractivity contribution in [1.82, 2.24) is 19.4 Å². The van der Waals surface area contributed by atoms with Crippen LogP contribution in [0.2, 0.25) is 0 Å².